The smallest absolute Gasteiger partial charge is 0.0678 e. The van der Waals surface area contributed by atoms with Crippen molar-refractivity contribution in [3.63, 3.8) is 0 Å². The minimum absolute atomic E-state index is 0.404. The maximum atomic E-state index is 5.79. The predicted molar refractivity (Wildman–Crippen MR) is 75.8 cm³/mol. The lowest BCUT2D eigenvalue weighted by Crippen LogP contribution is -2.46. The van der Waals surface area contributed by atoms with Crippen LogP contribution < -0.4 is 0 Å². The Morgan fingerprint density at radius 2 is 1.67 bits per heavy atom. The Morgan fingerprint density at radius 1 is 1.00 bits per heavy atom. The highest BCUT2D eigenvalue weighted by Crippen LogP contribution is 2.23. The third kappa shape index (κ3) is 4.22. The fourth-order valence-corrected chi connectivity index (χ4v) is 3.81. The van der Waals surface area contributed by atoms with Gasteiger partial charge in [0.25, 0.3) is 0 Å². The van der Waals surface area contributed by atoms with Crippen LogP contribution in [0.5, 0.6) is 0 Å². The third-order valence-electron chi connectivity index (χ3n) is 4.28. The predicted octanol–water partition coefficient (Wildman–Crippen LogP) is 2.07. The zero-order chi connectivity index (χ0) is 13.1. The van der Waals surface area contributed by atoms with E-state index in [2.05, 4.69) is 37.6 Å². The second-order valence-corrected chi connectivity index (χ2v) is 6.73. The van der Waals surface area contributed by atoms with E-state index >= 15 is 0 Å². The van der Waals surface area contributed by atoms with Gasteiger partial charge in [-0.05, 0) is 52.1 Å². The number of likely N-dealkylation sites (tertiary alicyclic amines) is 1. The zero-order valence-corrected chi connectivity index (χ0v) is 12.6. The zero-order valence-electron chi connectivity index (χ0n) is 12.6. The van der Waals surface area contributed by atoms with Crippen LogP contribution in [0.1, 0.15) is 33.6 Å². The van der Waals surface area contributed by atoms with E-state index in [1.54, 1.807) is 0 Å². The van der Waals surface area contributed by atoms with E-state index in [0.717, 1.165) is 24.9 Å². The van der Waals surface area contributed by atoms with Crippen molar-refractivity contribution >= 4 is 0 Å². The number of hydrogen-bond donors (Lipinski definition) is 0. The summed E-state index contributed by atoms with van der Waals surface area (Å²) in [6, 6.07) is 0. The summed E-state index contributed by atoms with van der Waals surface area (Å²) in [4.78, 5) is 5.10. The second-order valence-electron chi connectivity index (χ2n) is 6.73. The molecule has 0 aliphatic carbocycles. The van der Waals surface area contributed by atoms with Crippen molar-refractivity contribution in [2.45, 2.75) is 45.8 Å². The molecule has 2 heterocycles. The molecule has 0 aromatic heterocycles. The van der Waals surface area contributed by atoms with Gasteiger partial charge in [0.05, 0.1) is 12.2 Å². The maximum absolute atomic E-state index is 5.79. The fraction of sp³-hybridized carbons (Fsp3) is 1.00. The van der Waals surface area contributed by atoms with Gasteiger partial charge in [-0.3, -0.25) is 4.90 Å². The van der Waals surface area contributed by atoms with E-state index in [9.17, 15) is 0 Å². The highest BCUT2D eigenvalue weighted by molar-refractivity contribution is 4.78. The fourth-order valence-electron chi connectivity index (χ4n) is 3.81. The quantitative estimate of drug-likeness (QED) is 0.767. The van der Waals surface area contributed by atoms with Gasteiger partial charge in [0.2, 0.25) is 0 Å². The van der Waals surface area contributed by atoms with Gasteiger partial charge in [-0.25, -0.2) is 0 Å². The summed E-state index contributed by atoms with van der Waals surface area (Å²) >= 11 is 0. The third-order valence-corrected chi connectivity index (χ3v) is 4.28. The molecule has 0 N–H and O–H groups in total. The van der Waals surface area contributed by atoms with Gasteiger partial charge in [0, 0.05) is 26.2 Å². The molecule has 0 bridgehead atoms. The van der Waals surface area contributed by atoms with Gasteiger partial charge in [-0.1, -0.05) is 6.92 Å². The van der Waals surface area contributed by atoms with Gasteiger partial charge >= 0.3 is 0 Å². The first kappa shape index (κ1) is 14.3. The summed E-state index contributed by atoms with van der Waals surface area (Å²) in [6.07, 6.45) is 3.58. The summed E-state index contributed by atoms with van der Waals surface area (Å²) in [5.41, 5.74) is 0. The lowest BCUT2D eigenvalue weighted by Gasteiger charge is -2.38. The largest absolute Gasteiger partial charge is 0.373 e. The first-order valence-corrected chi connectivity index (χ1v) is 7.59. The molecule has 2 aliphatic rings. The van der Waals surface area contributed by atoms with Crippen molar-refractivity contribution in [2.75, 3.05) is 39.8 Å². The Kier molecular flexibility index (Phi) is 5.05. The van der Waals surface area contributed by atoms with E-state index in [1.807, 2.05) is 0 Å². The van der Waals surface area contributed by atoms with E-state index in [1.165, 1.54) is 32.5 Å². The SMILES string of the molecule is CC1CC(CCN2CC(C)OC(C)C2)CN(C)C1. The van der Waals surface area contributed by atoms with E-state index < -0.39 is 0 Å². The molecular weight excluding hydrogens is 224 g/mol. The molecule has 4 atom stereocenters. The molecule has 3 heteroatoms. The van der Waals surface area contributed by atoms with Crippen LogP contribution in [0.15, 0.2) is 0 Å². The molecule has 3 nitrogen and oxygen atoms in total. The van der Waals surface area contributed by atoms with Crippen LogP contribution in [0.25, 0.3) is 0 Å². The second kappa shape index (κ2) is 6.36. The summed E-state index contributed by atoms with van der Waals surface area (Å²) in [7, 11) is 2.27. The maximum Gasteiger partial charge on any atom is 0.0678 e. The Morgan fingerprint density at radius 3 is 2.28 bits per heavy atom. The van der Waals surface area contributed by atoms with Crippen LogP contribution in [-0.4, -0.2) is 61.8 Å². The normalized spacial score (nSPS) is 40.0. The summed E-state index contributed by atoms with van der Waals surface area (Å²) in [5.74, 6) is 1.77. The Balaban J connectivity index is 1.73. The highest BCUT2D eigenvalue weighted by Gasteiger charge is 2.25. The average Bonchev–Trinajstić information content (AvgIpc) is 2.23. The number of piperidine rings is 1. The number of morpholine rings is 1. The van der Waals surface area contributed by atoms with Crippen LogP contribution in [0.4, 0.5) is 0 Å². The topological polar surface area (TPSA) is 15.7 Å². The Labute approximate surface area is 112 Å². The lowest BCUT2D eigenvalue weighted by molar-refractivity contribution is -0.0695. The minimum atomic E-state index is 0.404. The molecule has 2 fully saturated rings. The summed E-state index contributed by atoms with van der Waals surface area (Å²) in [6.45, 7) is 12.8. The summed E-state index contributed by atoms with van der Waals surface area (Å²) in [5, 5.41) is 0. The van der Waals surface area contributed by atoms with E-state index in [4.69, 9.17) is 4.74 Å². The van der Waals surface area contributed by atoms with E-state index in [0.29, 0.717) is 12.2 Å². The van der Waals surface area contributed by atoms with Crippen molar-refractivity contribution in [2.24, 2.45) is 11.8 Å². The van der Waals surface area contributed by atoms with Crippen molar-refractivity contribution in [1.82, 2.24) is 9.80 Å². The highest BCUT2D eigenvalue weighted by atomic mass is 16.5. The van der Waals surface area contributed by atoms with Crippen LogP contribution >= 0.6 is 0 Å². The molecule has 18 heavy (non-hydrogen) atoms. The molecule has 2 rings (SSSR count). The van der Waals surface area contributed by atoms with Gasteiger partial charge in [0.1, 0.15) is 0 Å². The molecule has 0 amide bonds. The van der Waals surface area contributed by atoms with Gasteiger partial charge in [0.15, 0.2) is 0 Å². The monoisotopic (exact) mass is 254 g/mol. The molecule has 0 aromatic carbocycles. The molecule has 0 aromatic rings. The average molecular weight is 254 g/mol. The first-order chi connectivity index (χ1) is 8.52. The number of rotatable bonds is 3. The molecule has 0 spiro atoms. The van der Waals surface area contributed by atoms with Crippen molar-refractivity contribution < 1.29 is 4.74 Å². The van der Waals surface area contributed by atoms with Gasteiger partial charge in [-0.15, -0.1) is 0 Å². The van der Waals surface area contributed by atoms with E-state index in [-0.39, 0.29) is 0 Å². The van der Waals surface area contributed by atoms with Crippen molar-refractivity contribution in [3.8, 4) is 0 Å². The Hall–Kier alpha value is -0.120. The van der Waals surface area contributed by atoms with Gasteiger partial charge in [-0.2, -0.15) is 0 Å². The molecule has 106 valence electrons. The van der Waals surface area contributed by atoms with Crippen LogP contribution in [0.3, 0.4) is 0 Å². The minimum Gasteiger partial charge on any atom is -0.373 e. The molecule has 0 saturated carbocycles. The van der Waals surface area contributed by atoms with Crippen molar-refractivity contribution in [1.29, 1.82) is 0 Å². The van der Waals surface area contributed by atoms with Crippen LogP contribution in [-0.2, 0) is 4.74 Å². The number of ether oxygens (including phenoxy) is 1. The van der Waals surface area contributed by atoms with Crippen molar-refractivity contribution in [3.05, 3.63) is 0 Å². The molecular formula is C15H30N2O. The Bertz CT molecular complexity index is 213. The standard InChI is InChI=1S/C15H30N2O/c1-12-7-15(11-16(4)8-12)5-6-17-9-13(2)18-14(3)10-17/h12-15H,5-11H2,1-4H3. The van der Waals surface area contributed by atoms with Gasteiger partial charge < -0.3 is 9.64 Å². The molecule has 2 aliphatic heterocycles. The molecule has 0 radical (unpaired) electrons. The van der Waals surface area contributed by atoms with Crippen LogP contribution in [0, 0.1) is 11.8 Å². The molecule has 2 saturated heterocycles. The van der Waals surface area contributed by atoms with Crippen LogP contribution in [0.2, 0.25) is 0 Å². The summed E-state index contributed by atoms with van der Waals surface area (Å²) < 4.78 is 5.79. The first-order valence-electron chi connectivity index (χ1n) is 7.59. The number of nitrogens with zero attached hydrogens (tertiary/aromatic N) is 2. The number of hydrogen-bond acceptors (Lipinski definition) is 3. The molecule has 4 unspecified atom stereocenters. The lowest BCUT2D eigenvalue weighted by atomic mass is 9.88.